The molecule has 0 aliphatic heterocycles. The number of rotatable bonds is 3. The number of carboxylic acids is 1. The number of anilines is 1. The number of nitrogens with zero attached hydrogens (tertiary/aromatic N) is 1. The molecule has 1 rings (SSSR count). The molecular formula is C12H13NO3. The fourth-order valence-corrected chi connectivity index (χ4v) is 1.21. The van der Waals surface area contributed by atoms with Crippen LogP contribution in [-0.2, 0) is 4.79 Å². The van der Waals surface area contributed by atoms with E-state index in [1.807, 2.05) is 0 Å². The van der Waals surface area contributed by atoms with Gasteiger partial charge in [0.05, 0.1) is 5.56 Å². The molecule has 1 N–H and O–H groups in total. The summed E-state index contributed by atoms with van der Waals surface area (Å²) in [6.45, 7) is 1.76. The molecule has 0 aliphatic rings. The summed E-state index contributed by atoms with van der Waals surface area (Å²) in [5.41, 5.74) is 0.865. The molecule has 0 aliphatic carbocycles. The van der Waals surface area contributed by atoms with Crippen molar-refractivity contribution in [2.24, 2.45) is 0 Å². The van der Waals surface area contributed by atoms with Crippen LogP contribution in [0.15, 0.2) is 36.4 Å². The van der Waals surface area contributed by atoms with Crippen LogP contribution in [0.4, 0.5) is 5.69 Å². The van der Waals surface area contributed by atoms with Crippen LogP contribution in [-0.4, -0.2) is 24.0 Å². The Morgan fingerprint density at radius 3 is 2.25 bits per heavy atom. The van der Waals surface area contributed by atoms with E-state index < -0.39 is 5.97 Å². The van der Waals surface area contributed by atoms with Crippen LogP contribution in [0.5, 0.6) is 0 Å². The Balaban J connectivity index is 2.89. The van der Waals surface area contributed by atoms with E-state index in [1.165, 1.54) is 23.1 Å². The van der Waals surface area contributed by atoms with Gasteiger partial charge in [-0.25, -0.2) is 4.79 Å². The minimum Gasteiger partial charge on any atom is -0.478 e. The second-order valence-corrected chi connectivity index (χ2v) is 3.25. The van der Waals surface area contributed by atoms with Crippen molar-refractivity contribution in [3.63, 3.8) is 0 Å². The van der Waals surface area contributed by atoms with Gasteiger partial charge in [-0.05, 0) is 37.3 Å². The van der Waals surface area contributed by atoms with E-state index in [0.717, 1.165) is 0 Å². The molecule has 0 unspecified atom stereocenters. The smallest absolute Gasteiger partial charge is 0.335 e. The van der Waals surface area contributed by atoms with Crippen LogP contribution in [0.3, 0.4) is 0 Å². The summed E-state index contributed by atoms with van der Waals surface area (Å²) < 4.78 is 0. The number of hydrogen-bond acceptors (Lipinski definition) is 2. The van der Waals surface area contributed by atoms with Crippen molar-refractivity contribution in [1.29, 1.82) is 0 Å². The Bertz CT molecular complexity index is 420. The highest BCUT2D eigenvalue weighted by atomic mass is 16.4. The lowest BCUT2D eigenvalue weighted by atomic mass is 10.2. The molecule has 4 nitrogen and oxygen atoms in total. The van der Waals surface area contributed by atoms with Crippen molar-refractivity contribution < 1.29 is 14.7 Å². The fraction of sp³-hybridized carbons (Fsp3) is 0.167. The topological polar surface area (TPSA) is 57.6 Å². The maximum atomic E-state index is 11.5. The summed E-state index contributed by atoms with van der Waals surface area (Å²) in [5.74, 6) is -1.13. The van der Waals surface area contributed by atoms with Gasteiger partial charge in [-0.3, -0.25) is 4.79 Å². The SMILES string of the molecule is C/C=C/C(=O)N(C)c1ccc(C(=O)O)cc1. The number of carbonyl (C=O) groups excluding carboxylic acids is 1. The summed E-state index contributed by atoms with van der Waals surface area (Å²) in [6, 6.07) is 6.14. The Morgan fingerprint density at radius 2 is 1.81 bits per heavy atom. The third kappa shape index (κ3) is 2.70. The molecule has 0 fully saturated rings. The van der Waals surface area contributed by atoms with E-state index in [-0.39, 0.29) is 11.5 Å². The largest absolute Gasteiger partial charge is 0.478 e. The van der Waals surface area contributed by atoms with Crippen LogP contribution in [0.1, 0.15) is 17.3 Å². The van der Waals surface area contributed by atoms with E-state index in [4.69, 9.17) is 5.11 Å². The fourth-order valence-electron chi connectivity index (χ4n) is 1.21. The molecule has 0 atom stereocenters. The van der Waals surface area contributed by atoms with Crippen molar-refractivity contribution in [1.82, 2.24) is 0 Å². The summed E-state index contributed by atoms with van der Waals surface area (Å²) in [6.07, 6.45) is 3.11. The molecule has 84 valence electrons. The van der Waals surface area contributed by atoms with E-state index in [1.54, 1.807) is 32.2 Å². The normalized spacial score (nSPS) is 10.4. The maximum absolute atomic E-state index is 11.5. The molecule has 0 bridgehead atoms. The van der Waals surface area contributed by atoms with Gasteiger partial charge in [0.15, 0.2) is 0 Å². The summed E-state index contributed by atoms with van der Waals surface area (Å²) in [4.78, 5) is 23.6. The highest BCUT2D eigenvalue weighted by Crippen LogP contribution is 2.14. The lowest BCUT2D eigenvalue weighted by molar-refractivity contribution is -0.113. The van der Waals surface area contributed by atoms with Crippen LogP contribution in [0.2, 0.25) is 0 Å². The first-order chi connectivity index (χ1) is 7.56. The first-order valence-corrected chi connectivity index (χ1v) is 4.80. The molecule has 0 aromatic heterocycles. The van der Waals surface area contributed by atoms with Crippen molar-refractivity contribution in [2.75, 3.05) is 11.9 Å². The molecule has 0 heterocycles. The van der Waals surface area contributed by atoms with Crippen LogP contribution < -0.4 is 4.90 Å². The number of aromatic carboxylic acids is 1. The first kappa shape index (κ1) is 12.0. The standard InChI is InChI=1S/C12H13NO3/c1-3-4-11(14)13(2)10-7-5-9(6-8-10)12(15)16/h3-8H,1-2H3,(H,15,16)/b4-3+. The summed E-state index contributed by atoms with van der Waals surface area (Å²) >= 11 is 0. The lowest BCUT2D eigenvalue weighted by Crippen LogP contribution is -2.23. The zero-order chi connectivity index (χ0) is 12.1. The number of allylic oxidation sites excluding steroid dienone is 1. The predicted octanol–water partition coefficient (Wildman–Crippen LogP) is 1.92. The van der Waals surface area contributed by atoms with Gasteiger partial charge in [-0.15, -0.1) is 0 Å². The van der Waals surface area contributed by atoms with Crippen molar-refractivity contribution in [2.45, 2.75) is 6.92 Å². The van der Waals surface area contributed by atoms with Crippen molar-refractivity contribution >= 4 is 17.6 Å². The van der Waals surface area contributed by atoms with Gasteiger partial charge in [0.25, 0.3) is 0 Å². The minimum atomic E-state index is -0.978. The molecular weight excluding hydrogens is 206 g/mol. The number of amides is 1. The lowest BCUT2D eigenvalue weighted by Gasteiger charge is -2.15. The number of benzene rings is 1. The average Bonchev–Trinajstić information content (AvgIpc) is 2.28. The van der Waals surface area contributed by atoms with Crippen molar-refractivity contribution in [3.05, 3.63) is 42.0 Å². The Labute approximate surface area is 93.8 Å². The Kier molecular flexibility index (Phi) is 3.83. The molecule has 1 aromatic rings. The third-order valence-electron chi connectivity index (χ3n) is 2.14. The number of likely N-dealkylation sites (N-methyl/N-ethyl adjacent to an activating group) is 1. The molecule has 4 heteroatoms. The highest BCUT2D eigenvalue weighted by Gasteiger charge is 2.08. The van der Waals surface area contributed by atoms with Gasteiger partial charge in [-0.1, -0.05) is 6.08 Å². The molecule has 0 radical (unpaired) electrons. The van der Waals surface area contributed by atoms with Gasteiger partial charge in [0.2, 0.25) is 5.91 Å². The van der Waals surface area contributed by atoms with Gasteiger partial charge < -0.3 is 10.0 Å². The monoisotopic (exact) mass is 219 g/mol. The quantitative estimate of drug-likeness (QED) is 0.790. The highest BCUT2D eigenvalue weighted by molar-refractivity contribution is 6.01. The van der Waals surface area contributed by atoms with Gasteiger partial charge in [-0.2, -0.15) is 0 Å². The summed E-state index contributed by atoms with van der Waals surface area (Å²) in [5, 5.41) is 8.72. The second-order valence-electron chi connectivity index (χ2n) is 3.25. The van der Waals surface area contributed by atoms with Gasteiger partial charge in [0.1, 0.15) is 0 Å². The third-order valence-corrected chi connectivity index (χ3v) is 2.14. The minimum absolute atomic E-state index is 0.148. The van der Waals surface area contributed by atoms with E-state index in [0.29, 0.717) is 5.69 Å². The van der Waals surface area contributed by atoms with Crippen LogP contribution in [0.25, 0.3) is 0 Å². The van der Waals surface area contributed by atoms with Crippen molar-refractivity contribution in [3.8, 4) is 0 Å². The molecule has 16 heavy (non-hydrogen) atoms. The number of carboxylic acid groups (broad SMARTS) is 1. The zero-order valence-electron chi connectivity index (χ0n) is 9.18. The van der Waals surface area contributed by atoms with E-state index in [2.05, 4.69) is 0 Å². The summed E-state index contributed by atoms with van der Waals surface area (Å²) in [7, 11) is 1.64. The van der Waals surface area contributed by atoms with Gasteiger partial charge in [0, 0.05) is 12.7 Å². The van der Waals surface area contributed by atoms with E-state index in [9.17, 15) is 9.59 Å². The van der Waals surface area contributed by atoms with E-state index >= 15 is 0 Å². The molecule has 0 saturated heterocycles. The number of carbonyl (C=O) groups is 2. The molecule has 0 spiro atoms. The molecule has 1 amide bonds. The molecule has 1 aromatic carbocycles. The van der Waals surface area contributed by atoms with Crippen LogP contribution >= 0.6 is 0 Å². The maximum Gasteiger partial charge on any atom is 0.335 e. The first-order valence-electron chi connectivity index (χ1n) is 4.80. The van der Waals surface area contributed by atoms with Crippen LogP contribution in [0, 0.1) is 0 Å². The predicted molar refractivity (Wildman–Crippen MR) is 61.6 cm³/mol. The van der Waals surface area contributed by atoms with Gasteiger partial charge >= 0.3 is 5.97 Å². The zero-order valence-corrected chi connectivity index (χ0v) is 9.18. The molecule has 0 saturated carbocycles. The number of hydrogen-bond donors (Lipinski definition) is 1. The Hall–Kier alpha value is -2.10. The Morgan fingerprint density at radius 1 is 1.25 bits per heavy atom. The second kappa shape index (κ2) is 5.11. The average molecular weight is 219 g/mol.